The Morgan fingerprint density at radius 3 is 2.64 bits per heavy atom. The predicted octanol–water partition coefficient (Wildman–Crippen LogP) is 0.873. The minimum Gasteiger partial charge on any atom is -0.378 e. The van der Waals surface area contributed by atoms with Gasteiger partial charge in [0.15, 0.2) is 0 Å². The first-order chi connectivity index (χ1) is 10.7. The minimum absolute atomic E-state index is 0.147. The third kappa shape index (κ3) is 3.66. The number of nitrogens with one attached hydrogen (secondary N) is 1. The topological polar surface area (TPSA) is 44.8 Å². The van der Waals surface area contributed by atoms with E-state index >= 15 is 0 Å². The normalized spacial score (nSPS) is 20.1. The Labute approximate surface area is 132 Å². The second-order valence-electron chi connectivity index (χ2n) is 6.09. The Morgan fingerprint density at radius 2 is 1.91 bits per heavy atom. The van der Waals surface area contributed by atoms with E-state index in [1.54, 1.807) is 0 Å². The van der Waals surface area contributed by atoms with Crippen molar-refractivity contribution in [1.82, 2.24) is 15.1 Å². The van der Waals surface area contributed by atoms with E-state index in [1.165, 1.54) is 5.56 Å². The van der Waals surface area contributed by atoms with Crippen LogP contribution in [0.3, 0.4) is 0 Å². The molecule has 2 aliphatic rings. The molecule has 1 N–H and O–H groups in total. The number of ether oxygens (including phenoxy) is 1. The van der Waals surface area contributed by atoms with Crippen LogP contribution in [0, 0.1) is 6.92 Å². The summed E-state index contributed by atoms with van der Waals surface area (Å²) < 4.78 is 5.35. The molecule has 0 bridgehead atoms. The molecule has 0 radical (unpaired) electrons. The van der Waals surface area contributed by atoms with Gasteiger partial charge < -0.3 is 15.0 Å². The van der Waals surface area contributed by atoms with E-state index in [-0.39, 0.29) is 5.91 Å². The van der Waals surface area contributed by atoms with Crippen molar-refractivity contribution in [3.63, 3.8) is 0 Å². The van der Waals surface area contributed by atoms with Gasteiger partial charge in [0.2, 0.25) is 0 Å². The summed E-state index contributed by atoms with van der Waals surface area (Å²) >= 11 is 0. The molecular weight excluding hydrogens is 278 g/mol. The highest BCUT2D eigenvalue weighted by Crippen LogP contribution is 2.17. The number of rotatable bonds is 3. The molecule has 3 rings (SSSR count). The molecule has 120 valence electrons. The Balaban J connectivity index is 1.78. The maximum absolute atomic E-state index is 12.8. The lowest BCUT2D eigenvalue weighted by molar-refractivity contribution is 0.0301. The summed E-state index contributed by atoms with van der Waals surface area (Å²) in [7, 11) is 0. The predicted molar refractivity (Wildman–Crippen MR) is 86.0 cm³/mol. The van der Waals surface area contributed by atoms with Crippen molar-refractivity contribution in [3.05, 3.63) is 34.9 Å². The number of aryl methyl sites for hydroxylation is 1. The molecule has 1 aromatic carbocycles. The number of hydrogen-bond acceptors (Lipinski definition) is 4. The number of benzene rings is 1. The average Bonchev–Trinajstić information content (AvgIpc) is 2.56. The van der Waals surface area contributed by atoms with Crippen LogP contribution in [0.1, 0.15) is 21.5 Å². The molecule has 0 aliphatic carbocycles. The smallest absolute Gasteiger partial charge is 0.254 e. The average molecular weight is 303 g/mol. The van der Waals surface area contributed by atoms with Gasteiger partial charge in [-0.15, -0.1) is 0 Å². The van der Waals surface area contributed by atoms with Gasteiger partial charge in [0.05, 0.1) is 13.2 Å². The zero-order chi connectivity index (χ0) is 15.4. The minimum atomic E-state index is 0.147. The summed E-state index contributed by atoms with van der Waals surface area (Å²) in [5.74, 6) is 0.147. The summed E-state index contributed by atoms with van der Waals surface area (Å²) in [6.45, 7) is 9.75. The highest BCUT2D eigenvalue weighted by atomic mass is 16.5. The molecule has 0 unspecified atom stereocenters. The van der Waals surface area contributed by atoms with E-state index in [0.717, 1.165) is 43.9 Å². The van der Waals surface area contributed by atoms with Gasteiger partial charge in [-0.3, -0.25) is 9.69 Å². The number of carbonyl (C=O) groups is 1. The van der Waals surface area contributed by atoms with Gasteiger partial charge in [-0.1, -0.05) is 17.7 Å². The molecule has 0 aromatic heterocycles. The van der Waals surface area contributed by atoms with Crippen LogP contribution < -0.4 is 5.32 Å². The molecule has 2 heterocycles. The van der Waals surface area contributed by atoms with Crippen LogP contribution in [0.2, 0.25) is 0 Å². The van der Waals surface area contributed by atoms with Crippen LogP contribution in [0.15, 0.2) is 18.2 Å². The van der Waals surface area contributed by atoms with Crippen molar-refractivity contribution in [2.45, 2.75) is 13.5 Å². The number of carbonyl (C=O) groups excluding carboxylic acids is 1. The fourth-order valence-electron chi connectivity index (χ4n) is 3.11. The van der Waals surface area contributed by atoms with Crippen LogP contribution >= 0.6 is 0 Å². The molecule has 0 saturated carbocycles. The maximum Gasteiger partial charge on any atom is 0.254 e. The molecule has 22 heavy (non-hydrogen) atoms. The van der Waals surface area contributed by atoms with Crippen LogP contribution in [0.5, 0.6) is 0 Å². The number of amides is 1. The van der Waals surface area contributed by atoms with E-state index in [9.17, 15) is 4.79 Å². The van der Waals surface area contributed by atoms with Gasteiger partial charge in [-0.25, -0.2) is 0 Å². The first-order valence-electron chi connectivity index (χ1n) is 8.13. The summed E-state index contributed by atoms with van der Waals surface area (Å²) in [6, 6.07) is 6.19. The van der Waals surface area contributed by atoms with Gasteiger partial charge in [0, 0.05) is 51.4 Å². The molecule has 1 amide bonds. The van der Waals surface area contributed by atoms with E-state index in [1.807, 2.05) is 17.0 Å². The van der Waals surface area contributed by atoms with E-state index in [4.69, 9.17) is 4.74 Å². The Bertz CT molecular complexity index is 521. The fourth-order valence-corrected chi connectivity index (χ4v) is 3.11. The zero-order valence-corrected chi connectivity index (χ0v) is 13.3. The third-order valence-electron chi connectivity index (χ3n) is 4.39. The molecule has 1 aromatic rings. The molecular formula is C17H25N3O2. The molecule has 2 saturated heterocycles. The van der Waals surface area contributed by atoms with Gasteiger partial charge >= 0.3 is 0 Å². The summed E-state index contributed by atoms with van der Waals surface area (Å²) in [5, 5.41) is 3.37. The summed E-state index contributed by atoms with van der Waals surface area (Å²) in [5.41, 5.74) is 3.22. The van der Waals surface area contributed by atoms with E-state index in [2.05, 4.69) is 23.2 Å². The summed E-state index contributed by atoms with van der Waals surface area (Å²) in [4.78, 5) is 17.1. The van der Waals surface area contributed by atoms with Crippen molar-refractivity contribution in [3.8, 4) is 0 Å². The van der Waals surface area contributed by atoms with E-state index < -0.39 is 0 Å². The van der Waals surface area contributed by atoms with Crippen molar-refractivity contribution in [1.29, 1.82) is 0 Å². The number of nitrogens with zero attached hydrogens (tertiary/aromatic N) is 2. The molecule has 0 atom stereocenters. The second-order valence-corrected chi connectivity index (χ2v) is 6.09. The lowest BCUT2D eigenvalue weighted by Gasteiger charge is -2.30. The zero-order valence-electron chi connectivity index (χ0n) is 13.3. The van der Waals surface area contributed by atoms with Crippen LogP contribution in [0.25, 0.3) is 0 Å². The van der Waals surface area contributed by atoms with Crippen molar-refractivity contribution in [2.75, 3.05) is 52.5 Å². The van der Waals surface area contributed by atoms with Crippen LogP contribution in [-0.2, 0) is 11.3 Å². The highest BCUT2D eigenvalue weighted by Gasteiger charge is 2.22. The van der Waals surface area contributed by atoms with E-state index in [0.29, 0.717) is 26.3 Å². The largest absolute Gasteiger partial charge is 0.378 e. The van der Waals surface area contributed by atoms with Crippen molar-refractivity contribution in [2.24, 2.45) is 0 Å². The second kappa shape index (κ2) is 7.22. The Morgan fingerprint density at radius 1 is 1.18 bits per heavy atom. The van der Waals surface area contributed by atoms with Crippen molar-refractivity contribution >= 4 is 5.91 Å². The lowest BCUT2D eigenvalue weighted by Crippen LogP contribution is -2.44. The lowest BCUT2D eigenvalue weighted by atomic mass is 10.0. The highest BCUT2D eigenvalue weighted by molar-refractivity contribution is 5.95. The van der Waals surface area contributed by atoms with Crippen LogP contribution in [-0.4, -0.2) is 68.2 Å². The van der Waals surface area contributed by atoms with Gasteiger partial charge in [0.25, 0.3) is 5.91 Å². The molecule has 5 nitrogen and oxygen atoms in total. The summed E-state index contributed by atoms with van der Waals surface area (Å²) in [6.07, 6.45) is 0. The van der Waals surface area contributed by atoms with Gasteiger partial charge in [-0.05, 0) is 18.6 Å². The monoisotopic (exact) mass is 303 g/mol. The van der Waals surface area contributed by atoms with Crippen molar-refractivity contribution < 1.29 is 9.53 Å². The van der Waals surface area contributed by atoms with Gasteiger partial charge in [-0.2, -0.15) is 0 Å². The number of morpholine rings is 1. The first kappa shape index (κ1) is 15.5. The maximum atomic E-state index is 12.8. The Hall–Kier alpha value is -1.43. The molecule has 0 spiro atoms. The third-order valence-corrected chi connectivity index (χ3v) is 4.39. The Kier molecular flexibility index (Phi) is 5.08. The number of hydrogen-bond donors (Lipinski definition) is 1. The molecule has 5 heteroatoms. The first-order valence-corrected chi connectivity index (χ1v) is 8.13. The number of piperazine rings is 1. The quantitative estimate of drug-likeness (QED) is 0.900. The fraction of sp³-hybridized carbons (Fsp3) is 0.588. The van der Waals surface area contributed by atoms with Gasteiger partial charge in [0.1, 0.15) is 0 Å². The molecule has 2 fully saturated rings. The SMILES string of the molecule is Cc1ccc(C(=O)N2CCOCC2)c(CN2CCNCC2)c1. The van der Waals surface area contributed by atoms with Crippen LogP contribution in [0.4, 0.5) is 0 Å². The molecule has 2 aliphatic heterocycles. The standard InChI is InChI=1S/C17H25N3O2/c1-14-2-3-16(17(21)20-8-10-22-11-9-20)15(12-14)13-19-6-4-18-5-7-19/h2-3,12,18H,4-11,13H2,1H3.